The molecule has 0 spiro atoms. The van der Waals surface area contributed by atoms with Crippen LogP contribution in [0.15, 0.2) is 29.8 Å². The lowest BCUT2D eigenvalue weighted by atomic mass is 10.0. The molecule has 2 aromatic heterocycles. The molecule has 1 amide bonds. The van der Waals surface area contributed by atoms with Crippen LogP contribution in [0.5, 0.6) is 0 Å². The molecule has 0 saturated carbocycles. The molecule has 1 unspecified atom stereocenters. The van der Waals surface area contributed by atoms with Crippen molar-refractivity contribution in [3.63, 3.8) is 0 Å². The summed E-state index contributed by atoms with van der Waals surface area (Å²) in [6.07, 6.45) is 2.66. The number of rotatable bonds is 3. The van der Waals surface area contributed by atoms with Crippen LogP contribution in [-0.2, 0) is 6.42 Å². The molecule has 3 rings (SSSR count). The smallest absolute Gasteiger partial charge is 0.258 e. The second-order valence-electron chi connectivity index (χ2n) is 5.15. The maximum Gasteiger partial charge on any atom is 0.258 e. The molecule has 0 saturated heterocycles. The fourth-order valence-electron chi connectivity index (χ4n) is 2.83. The number of carbonyl (C=O) groups is 1. The Balaban J connectivity index is 1.90. The summed E-state index contributed by atoms with van der Waals surface area (Å²) in [5.74, 6) is 0.733. The van der Waals surface area contributed by atoms with Gasteiger partial charge >= 0.3 is 0 Å². The first-order valence-electron chi connectivity index (χ1n) is 7.28. The Labute approximate surface area is 128 Å². The molecule has 1 aliphatic heterocycles. The van der Waals surface area contributed by atoms with Gasteiger partial charge in [-0.2, -0.15) is 0 Å². The van der Waals surface area contributed by atoms with Gasteiger partial charge in [0, 0.05) is 24.2 Å². The van der Waals surface area contributed by atoms with E-state index in [-0.39, 0.29) is 11.9 Å². The van der Waals surface area contributed by atoms with Crippen molar-refractivity contribution in [3.05, 3.63) is 45.8 Å². The molecule has 4 nitrogen and oxygen atoms in total. The fourth-order valence-corrected chi connectivity index (χ4v) is 3.79. The molecular formula is C16H19N3OS. The number of carbonyl (C=O) groups excluding carboxylic acids is 1. The van der Waals surface area contributed by atoms with Crippen LogP contribution in [-0.4, -0.2) is 28.9 Å². The van der Waals surface area contributed by atoms with Crippen molar-refractivity contribution in [1.82, 2.24) is 9.88 Å². The van der Waals surface area contributed by atoms with Gasteiger partial charge in [0.25, 0.3) is 5.91 Å². The van der Waals surface area contributed by atoms with E-state index >= 15 is 0 Å². The standard InChI is InChI=1S/C16H19N3OS/c1-3-17-15-13(5-4-8-18-15)16(20)19-9-6-14-12(11(19)2)7-10-21-14/h4-5,7-8,10-11H,3,6,9H2,1-2H3,(H,17,18). The summed E-state index contributed by atoms with van der Waals surface area (Å²) >= 11 is 1.79. The van der Waals surface area contributed by atoms with Crippen molar-refractivity contribution < 1.29 is 4.79 Å². The second-order valence-corrected chi connectivity index (χ2v) is 6.15. The highest BCUT2D eigenvalue weighted by atomic mass is 32.1. The number of nitrogens with one attached hydrogen (secondary N) is 1. The topological polar surface area (TPSA) is 45.2 Å². The van der Waals surface area contributed by atoms with E-state index in [4.69, 9.17) is 0 Å². The zero-order chi connectivity index (χ0) is 14.8. The van der Waals surface area contributed by atoms with Crippen LogP contribution < -0.4 is 5.32 Å². The molecular weight excluding hydrogens is 282 g/mol. The molecule has 1 aliphatic rings. The summed E-state index contributed by atoms with van der Waals surface area (Å²) in [5.41, 5.74) is 1.94. The highest BCUT2D eigenvalue weighted by Gasteiger charge is 2.30. The largest absolute Gasteiger partial charge is 0.370 e. The lowest BCUT2D eigenvalue weighted by Crippen LogP contribution is -2.38. The highest BCUT2D eigenvalue weighted by molar-refractivity contribution is 7.10. The van der Waals surface area contributed by atoms with Gasteiger partial charge in [0.05, 0.1) is 11.6 Å². The number of thiophene rings is 1. The van der Waals surface area contributed by atoms with Crippen LogP contribution in [0.3, 0.4) is 0 Å². The summed E-state index contributed by atoms with van der Waals surface area (Å²) < 4.78 is 0. The number of hydrogen-bond donors (Lipinski definition) is 1. The Kier molecular flexibility index (Phi) is 3.92. The maximum atomic E-state index is 12.9. The van der Waals surface area contributed by atoms with E-state index in [0.717, 1.165) is 19.5 Å². The lowest BCUT2D eigenvalue weighted by molar-refractivity contribution is 0.0680. The van der Waals surface area contributed by atoms with E-state index in [1.165, 1.54) is 10.4 Å². The van der Waals surface area contributed by atoms with Crippen molar-refractivity contribution in [2.24, 2.45) is 0 Å². The molecule has 21 heavy (non-hydrogen) atoms. The average Bonchev–Trinajstić information content (AvgIpc) is 2.97. The Morgan fingerprint density at radius 3 is 3.19 bits per heavy atom. The molecule has 0 bridgehead atoms. The molecule has 0 radical (unpaired) electrons. The first kappa shape index (κ1) is 14.1. The lowest BCUT2D eigenvalue weighted by Gasteiger charge is -2.34. The molecule has 1 N–H and O–H groups in total. The number of hydrogen-bond acceptors (Lipinski definition) is 4. The van der Waals surface area contributed by atoms with Gasteiger partial charge in [-0.3, -0.25) is 4.79 Å². The Morgan fingerprint density at radius 2 is 2.38 bits per heavy atom. The number of amides is 1. The van der Waals surface area contributed by atoms with E-state index in [2.05, 4.69) is 28.7 Å². The molecule has 3 heterocycles. The molecule has 2 aromatic rings. The van der Waals surface area contributed by atoms with Crippen molar-refractivity contribution in [3.8, 4) is 0 Å². The Morgan fingerprint density at radius 1 is 1.52 bits per heavy atom. The van der Waals surface area contributed by atoms with Crippen LogP contribution in [0.2, 0.25) is 0 Å². The van der Waals surface area contributed by atoms with E-state index < -0.39 is 0 Å². The van der Waals surface area contributed by atoms with Crippen molar-refractivity contribution in [2.45, 2.75) is 26.3 Å². The summed E-state index contributed by atoms with van der Waals surface area (Å²) in [5, 5.41) is 5.28. The van der Waals surface area contributed by atoms with Gasteiger partial charge in [-0.15, -0.1) is 11.3 Å². The monoisotopic (exact) mass is 301 g/mol. The van der Waals surface area contributed by atoms with Crippen LogP contribution >= 0.6 is 11.3 Å². The van der Waals surface area contributed by atoms with E-state index in [9.17, 15) is 4.79 Å². The van der Waals surface area contributed by atoms with Crippen LogP contribution in [0.4, 0.5) is 5.82 Å². The maximum absolute atomic E-state index is 12.9. The second kappa shape index (κ2) is 5.85. The number of nitrogens with zero attached hydrogens (tertiary/aromatic N) is 2. The first-order valence-corrected chi connectivity index (χ1v) is 8.16. The minimum atomic E-state index is 0.0587. The number of aromatic nitrogens is 1. The third-order valence-electron chi connectivity index (χ3n) is 3.92. The minimum Gasteiger partial charge on any atom is -0.370 e. The zero-order valence-electron chi connectivity index (χ0n) is 12.3. The summed E-state index contributed by atoms with van der Waals surface area (Å²) in [6, 6.07) is 5.93. The Hall–Kier alpha value is -1.88. The van der Waals surface area contributed by atoms with Gasteiger partial charge in [-0.25, -0.2) is 4.98 Å². The molecule has 0 fully saturated rings. The summed E-state index contributed by atoms with van der Waals surface area (Å²) in [6.45, 7) is 5.63. The number of pyridine rings is 1. The van der Waals surface area contributed by atoms with Gasteiger partial charge in [-0.1, -0.05) is 0 Å². The number of anilines is 1. The van der Waals surface area contributed by atoms with Gasteiger partial charge in [0.1, 0.15) is 5.82 Å². The van der Waals surface area contributed by atoms with Crippen molar-refractivity contribution in [1.29, 1.82) is 0 Å². The molecule has 0 aliphatic carbocycles. The van der Waals surface area contributed by atoms with Gasteiger partial charge in [0.15, 0.2) is 0 Å². The van der Waals surface area contributed by atoms with Crippen molar-refractivity contribution >= 4 is 23.1 Å². The highest BCUT2D eigenvalue weighted by Crippen LogP contribution is 2.34. The summed E-state index contributed by atoms with van der Waals surface area (Å²) in [4.78, 5) is 20.5. The van der Waals surface area contributed by atoms with Gasteiger partial charge in [-0.05, 0) is 49.4 Å². The van der Waals surface area contributed by atoms with Crippen molar-refractivity contribution in [2.75, 3.05) is 18.4 Å². The van der Waals surface area contributed by atoms with E-state index in [0.29, 0.717) is 11.4 Å². The fraction of sp³-hybridized carbons (Fsp3) is 0.375. The molecule has 110 valence electrons. The first-order chi connectivity index (χ1) is 10.2. The van der Waals surface area contributed by atoms with E-state index in [1.54, 1.807) is 17.5 Å². The normalized spacial score (nSPS) is 17.4. The minimum absolute atomic E-state index is 0.0587. The SMILES string of the molecule is CCNc1ncccc1C(=O)N1CCc2sccc2C1C. The third kappa shape index (κ3) is 2.53. The van der Waals surface area contributed by atoms with Crippen LogP contribution in [0.1, 0.15) is 40.7 Å². The van der Waals surface area contributed by atoms with Crippen LogP contribution in [0.25, 0.3) is 0 Å². The predicted octanol–water partition coefficient (Wildman–Crippen LogP) is 3.33. The zero-order valence-corrected chi connectivity index (χ0v) is 13.1. The summed E-state index contributed by atoms with van der Waals surface area (Å²) in [7, 11) is 0. The quantitative estimate of drug-likeness (QED) is 0.945. The number of fused-ring (bicyclic) bond motifs is 1. The molecule has 5 heteroatoms. The van der Waals surface area contributed by atoms with Gasteiger partial charge in [0.2, 0.25) is 0 Å². The molecule has 0 aromatic carbocycles. The van der Waals surface area contributed by atoms with E-state index in [1.807, 2.05) is 24.0 Å². The van der Waals surface area contributed by atoms with Gasteiger partial charge < -0.3 is 10.2 Å². The van der Waals surface area contributed by atoms with Crippen LogP contribution in [0, 0.1) is 0 Å². The predicted molar refractivity (Wildman–Crippen MR) is 85.9 cm³/mol. The third-order valence-corrected chi connectivity index (χ3v) is 4.92. The molecule has 1 atom stereocenters. The Bertz CT molecular complexity index is 652. The average molecular weight is 301 g/mol.